The first-order valence-corrected chi connectivity index (χ1v) is 5.42. The summed E-state index contributed by atoms with van der Waals surface area (Å²) in [5.74, 6) is 0. The minimum Gasteiger partial charge on any atom is -0.359 e. The average Bonchev–Trinajstić information content (AvgIpc) is 2.19. The van der Waals surface area contributed by atoms with Crippen LogP contribution >= 0.6 is 24.8 Å². The van der Waals surface area contributed by atoms with Gasteiger partial charge < -0.3 is 10.6 Å². The molecule has 0 aliphatic carbocycles. The fraction of sp³-hybridized carbons (Fsp3) is 0.182. The van der Waals surface area contributed by atoms with Crippen molar-refractivity contribution in [1.29, 1.82) is 0 Å². The number of nitrogens with one attached hydrogen (secondary N) is 2. The normalized spacial score (nSPS) is 9.47. The van der Waals surface area contributed by atoms with Crippen LogP contribution in [0.4, 0.5) is 5.69 Å². The predicted molar refractivity (Wildman–Crippen MR) is 72.7 cm³/mol. The second kappa shape index (κ2) is 5.78. The van der Waals surface area contributed by atoms with Crippen LogP contribution in [-0.2, 0) is 0 Å². The van der Waals surface area contributed by atoms with Gasteiger partial charge in [-0.25, -0.2) is 0 Å². The number of hydrogen-bond acceptors (Lipinski definition) is 2. The lowest BCUT2D eigenvalue weighted by atomic mass is 10.3. The van der Waals surface area contributed by atoms with E-state index in [-0.39, 0.29) is 0 Å². The van der Waals surface area contributed by atoms with Gasteiger partial charge in [0.2, 0.25) is 0 Å². The molecule has 0 atom stereocenters. The predicted octanol–water partition coefficient (Wildman–Crippen LogP) is 2.84. The van der Waals surface area contributed by atoms with Gasteiger partial charge in [-0.05, 0) is 43.4 Å². The largest absolute Gasteiger partial charge is 0.359 e. The second-order valence-corrected chi connectivity index (χ2v) is 4.24. The molecule has 4 heteroatoms. The van der Waals surface area contributed by atoms with Gasteiger partial charge in [0, 0.05) is 17.1 Å². The number of benzene rings is 1. The third kappa shape index (κ3) is 4.85. The summed E-state index contributed by atoms with van der Waals surface area (Å²) in [5.41, 5.74) is 2.00. The topological polar surface area (TPSA) is 24.1 Å². The smallest absolute Gasteiger partial charge is 0.171 e. The molecule has 0 spiro atoms. The van der Waals surface area contributed by atoms with Crippen LogP contribution in [0.15, 0.2) is 41.3 Å². The van der Waals surface area contributed by atoms with Gasteiger partial charge in [-0.2, -0.15) is 0 Å². The van der Waals surface area contributed by atoms with Crippen LogP contribution in [0, 0.1) is 0 Å². The summed E-state index contributed by atoms with van der Waals surface area (Å²) in [7, 11) is 0. The zero-order chi connectivity index (χ0) is 11.3. The highest BCUT2D eigenvalue weighted by molar-refractivity contribution is 7.80. The Morgan fingerprint density at radius 3 is 2.53 bits per heavy atom. The molecule has 2 N–H and O–H groups in total. The third-order valence-corrected chi connectivity index (χ3v) is 2.22. The van der Waals surface area contributed by atoms with Gasteiger partial charge in [0.05, 0.1) is 0 Å². The van der Waals surface area contributed by atoms with Gasteiger partial charge >= 0.3 is 0 Å². The monoisotopic (exact) mass is 238 g/mol. The summed E-state index contributed by atoms with van der Waals surface area (Å²) in [6.07, 6.45) is 0. The fourth-order valence-electron chi connectivity index (χ4n) is 0.951. The summed E-state index contributed by atoms with van der Waals surface area (Å²) >= 11 is 9.31. The van der Waals surface area contributed by atoms with Crippen LogP contribution < -0.4 is 10.6 Å². The minimum absolute atomic E-state index is 0.602. The van der Waals surface area contributed by atoms with Gasteiger partial charge in [-0.15, -0.1) is 12.6 Å². The van der Waals surface area contributed by atoms with E-state index >= 15 is 0 Å². The Kier molecular flexibility index (Phi) is 4.65. The molecular formula is C11H14N2S2. The van der Waals surface area contributed by atoms with Gasteiger partial charge in [0.15, 0.2) is 5.11 Å². The molecule has 15 heavy (non-hydrogen) atoms. The van der Waals surface area contributed by atoms with E-state index in [0.29, 0.717) is 11.7 Å². The molecule has 80 valence electrons. The summed E-state index contributed by atoms with van der Waals surface area (Å²) < 4.78 is 0. The maximum Gasteiger partial charge on any atom is 0.171 e. The van der Waals surface area contributed by atoms with Crippen LogP contribution in [0.5, 0.6) is 0 Å². The molecule has 1 rings (SSSR count). The first-order chi connectivity index (χ1) is 7.08. The molecule has 2 nitrogen and oxygen atoms in total. The molecule has 1 aromatic carbocycles. The summed E-state index contributed by atoms with van der Waals surface area (Å²) in [5, 5.41) is 6.72. The Bertz CT molecular complexity index is 357. The molecular weight excluding hydrogens is 224 g/mol. The summed E-state index contributed by atoms with van der Waals surface area (Å²) in [6.45, 7) is 6.43. The summed E-state index contributed by atoms with van der Waals surface area (Å²) in [4.78, 5) is 0.932. The van der Waals surface area contributed by atoms with E-state index in [1.807, 2.05) is 31.2 Å². The molecule has 0 aliphatic heterocycles. The van der Waals surface area contributed by atoms with E-state index in [9.17, 15) is 0 Å². The minimum atomic E-state index is 0.602. The van der Waals surface area contributed by atoms with Crippen LogP contribution in [-0.4, -0.2) is 11.7 Å². The molecule has 0 fully saturated rings. The quantitative estimate of drug-likeness (QED) is 0.429. The fourth-order valence-corrected chi connectivity index (χ4v) is 1.29. The number of hydrogen-bond donors (Lipinski definition) is 3. The summed E-state index contributed by atoms with van der Waals surface area (Å²) in [6, 6.07) is 7.67. The molecule has 0 bridgehead atoms. The molecule has 0 unspecified atom stereocenters. The Labute approximate surface area is 101 Å². The Balaban J connectivity index is 2.44. The van der Waals surface area contributed by atoms with Crippen molar-refractivity contribution in [3.8, 4) is 0 Å². The van der Waals surface area contributed by atoms with Crippen LogP contribution in [0.1, 0.15) is 6.92 Å². The zero-order valence-corrected chi connectivity index (χ0v) is 10.3. The van der Waals surface area contributed by atoms with Crippen molar-refractivity contribution in [2.24, 2.45) is 0 Å². The van der Waals surface area contributed by atoms with Gasteiger partial charge in [-0.3, -0.25) is 0 Å². The second-order valence-electron chi connectivity index (χ2n) is 3.31. The number of rotatable bonds is 3. The maximum absolute atomic E-state index is 5.10. The zero-order valence-electron chi connectivity index (χ0n) is 8.58. The van der Waals surface area contributed by atoms with Gasteiger partial charge in [0.25, 0.3) is 0 Å². The van der Waals surface area contributed by atoms with E-state index in [1.165, 1.54) is 0 Å². The molecule has 0 aliphatic rings. The molecule has 0 saturated carbocycles. The first-order valence-electron chi connectivity index (χ1n) is 4.56. The lowest BCUT2D eigenvalue weighted by Gasteiger charge is -2.10. The lowest BCUT2D eigenvalue weighted by molar-refractivity contribution is 1.000. The van der Waals surface area contributed by atoms with Crippen molar-refractivity contribution in [3.05, 3.63) is 36.4 Å². The Morgan fingerprint density at radius 2 is 2.00 bits per heavy atom. The molecule has 1 aromatic rings. The molecule has 0 radical (unpaired) electrons. The molecule has 0 aromatic heterocycles. The van der Waals surface area contributed by atoms with Crippen LogP contribution in [0.2, 0.25) is 0 Å². The van der Waals surface area contributed by atoms with Crippen molar-refractivity contribution < 1.29 is 0 Å². The van der Waals surface area contributed by atoms with Gasteiger partial charge in [0.1, 0.15) is 0 Å². The third-order valence-electron chi connectivity index (χ3n) is 1.68. The maximum atomic E-state index is 5.10. The highest BCUT2D eigenvalue weighted by atomic mass is 32.1. The number of anilines is 1. The van der Waals surface area contributed by atoms with E-state index < -0.39 is 0 Å². The van der Waals surface area contributed by atoms with E-state index in [2.05, 4.69) is 29.8 Å². The molecule has 0 heterocycles. The number of thiol groups is 1. The van der Waals surface area contributed by atoms with E-state index in [0.717, 1.165) is 16.2 Å². The molecule has 0 amide bonds. The molecule has 0 saturated heterocycles. The van der Waals surface area contributed by atoms with E-state index in [1.54, 1.807) is 0 Å². The first kappa shape index (κ1) is 12.1. The van der Waals surface area contributed by atoms with Crippen LogP contribution in [0.3, 0.4) is 0 Å². The van der Waals surface area contributed by atoms with Crippen molar-refractivity contribution in [3.63, 3.8) is 0 Å². The standard InChI is InChI=1S/C11H14N2S2/c1-8(2)7-12-11(15)13-9-3-5-10(14)6-4-9/h3-6,14H,1,7H2,2H3,(H2,12,13,15). The Hall–Kier alpha value is -1.00. The van der Waals surface area contributed by atoms with Crippen molar-refractivity contribution in [2.45, 2.75) is 11.8 Å². The SMILES string of the molecule is C=C(C)CNC(=S)Nc1ccc(S)cc1. The van der Waals surface area contributed by atoms with Crippen molar-refractivity contribution in [2.75, 3.05) is 11.9 Å². The lowest BCUT2D eigenvalue weighted by Crippen LogP contribution is -2.29. The van der Waals surface area contributed by atoms with Gasteiger partial charge in [-0.1, -0.05) is 12.2 Å². The van der Waals surface area contributed by atoms with Crippen molar-refractivity contribution in [1.82, 2.24) is 5.32 Å². The van der Waals surface area contributed by atoms with Crippen LogP contribution in [0.25, 0.3) is 0 Å². The highest BCUT2D eigenvalue weighted by Crippen LogP contribution is 2.11. The average molecular weight is 238 g/mol. The number of thiocarbonyl (C=S) groups is 1. The Morgan fingerprint density at radius 1 is 1.40 bits per heavy atom. The van der Waals surface area contributed by atoms with Crippen molar-refractivity contribution >= 4 is 35.6 Å². The highest BCUT2D eigenvalue weighted by Gasteiger charge is 1.96. The van der Waals surface area contributed by atoms with E-state index in [4.69, 9.17) is 12.2 Å².